The molecular weight excluding hydrogens is 215 g/mol. The van der Waals surface area contributed by atoms with Crippen molar-refractivity contribution in [2.24, 2.45) is 0 Å². The lowest BCUT2D eigenvalue weighted by atomic mass is 9.95. The van der Waals surface area contributed by atoms with Gasteiger partial charge >= 0.3 is 0 Å². The third-order valence-corrected chi connectivity index (χ3v) is 3.29. The summed E-state index contributed by atoms with van der Waals surface area (Å²) in [5.74, 6) is 0. The maximum Gasteiger partial charge on any atom is 0.0455 e. The number of rotatable bonds is 3. The van der Waals surface area contributed by atoms with Crippen LogP contribution in [0.1, 0.15) is 37.5 Å². The zero-order valence-corrected chi connectivity index (χ0v) is 10.5. The third-order valence-electron chi connectivity index (χ3n) is 2.62. The average molecular weight is 231 g/mol. The zero-order chi connectivity index (χ0) is 10.7. The van der Waals surface area contributed by atoms with Gasteiger partial charge in [-0.15, -0.1) is 0 Å². The summed E-state index contributed by atoms with van der Waals surface area (Å²) in [5, 5.41) is 1.62. The zero-order valence-electron chi connectivity index (χ0n) is 8.95. The molecule has 0 N–H and O–H groups in total. The molecule has 0 bridgehead atoms. The lowest BCUT2D eigenvalue weighted by molar-refractivity contribution is 0.982. The van der Waals surface area contributed by atoms with E-state index in [9.17, 15) is 0 Å². The number of benzene rings is 1. The molecule has 0 spiro atoms. The first-order chi connectivity index (χ1) is 6.65. The van der Waals surface area contributed by atoms with Gasteiger partial charge in [-0.3, -0.25) is 0 Å². The van der Waals surface area contributed by atoms with Crippen molar-refractivity contribution in [2.75, 3.05) is 0 Å². The molecule has 0 aliphatic rings. The van der Waals surface area contributed by atoms with Crippen molar-refractivity contribution in [3.8, 4) is 0 Å². The van der Waals surface area contributed by atoms with Crippen molar-refractivity contribution in [1.29, 1.82) is 0 Å². The molecule has 0 saturated heterocycles. The van der Waals surface area contributed by atoms with Gasteiger partial charge in [-0.05, 0) is 42.0 Å². The van der Waals surface area contributed by atoms with Crippen LogP contribution >= 0.6 is 23.2 Å². The standard InChI is InChI=1S/C12H16Cl2/c1-4-8-9(5-2)11(13)7-12(14)10(8)6-3/h7H,4-6H2,1-3H3. The van der Waals surface area contributed by atoms with E-state index >= 15 is 0 Å². The monoisotopic (exact) mass is 230 g/mol. The van der Waals surface area contributed by atoms with Crippen molar-refractivity contribution in [2.45, 2.75) is 40.0 Å². The van der Waals surface area contributed by atoms with Crippen LogP contribution in [-0.4, -0.2) is 0 Å². The van der Waals surface area contributed by atoms with Crippen LogP contribution in [-0.2, 0) is 19.3 Å². The summed E-state index contributed by atoms with van der Waals surface area (Å²) in [5.41, 5.74) is 3.86. The predicted octanol–water partition coefficient (Wildman–Crippen LogP) is 4.68. The molecule has 14 heavy (non-hydrogen) atoms. The molecule has 0 radical (unpaired) electrons. The van der Waals surface area contributed by atoms with Crippen molar-refractivity contribution >= 4 is 23.2 Å². The van der Waals surface area contributed by atoms with Crippen molar-refractivity contribution < 1.29 is 0 Å². The molecule has 0 unspecified atom stereocenters. The Bertz CT molecular complexity index is 301. The third kappa shape index (κ3) is 2.07. The highest BCUT2D eigenvalue weighted by Gasteiger charge is 2.12. The average Bonchev–Trinajstić information content (AvgIpc) is 2.16. The molecule has 1 aromatic carbocycles. The van der Waals surface area contributed by atoms with Gasteiger partial charge in [-0.2, -0.15) is 0 Å². The Balaban J connectivity index is 3.43. The lowest BCUT2D eigenvalue weighted by Crippen LogP contribution is -1.99. The van der Waals surface area contributed by atoms with Crippen molar-refractivity contribution in [1.82, 2.24) is 0 Å². The van der Waals surface area contributed by atoms with Crippen molar-refractivity contribution in [3.05, 3.63) is 32.8 Å². The molecular formula is C12H16Cl2. The highest BCUT2D eigenvalue weighted by Crippen LogP contribution is 2.31. The lowest BCUT2D eigenvalue weighted by Gasteiger charge is -2.14. The molecule has 0 nitrogen and oxygen atoms in total. The van der Waals surface area contributed by atoms with E-state index in [2.05, 4.69) is 20.8 Å². The van der Waals surface area contributed by atoms with Crippen molar-refractivity contribution in [3.63, 3.8) is 0 Å². The Labute approximate surface area is 96.2 Å². The Kier molecular flexibility index (Phi) is 4.28. The van der Waals surface area contributed by atoms with E-state index in [1.54, 1.807) is 0 Å². The maximum atomic E-state index is 6.16. The topological polar surface area (TPSA) is 0 Å². The Morgan fingerprint density at radius 2 is 1.14 bits per heavy atom. The van der Waals surface area contributed by atoms with Gasteiger partial charge in [0.25, 0.3) is 0 Å². The highest BCUT2D eigenvalue weighted by atomic mass is 35.5. The van der Waals surface area contributed by atoms with E-state index in [1.165, 1.54) is 16.7 Å². The molecule has 78 valence electrons. The summed E-state index contributed by atoms with van der Waals surface area (Å²) in [6.45, 7) is 6.42. The fourth-order valence-electron chi connectivity index (χ4n) is 1.95. The summed E-state index contributed by atoms with van der Waals surface area (Å²) >= 11 is 12.3. The summed E-state index contributed by atoms with van der Waals surface area (Å²) in [7, 11) is 0. The van der Waals surface area contributed by atoms with E-state index in [0.29, 0.717) is 0 Å². The highest BCUT2D eigenvalue weighted by molar-refractivity contribution is 6.35. The summed E-state index contributed by atoms with van der Waals surface area (Å²) in [6, 6.07) is 1.87. The molecule has 0 atom stereocenters. The van der Waals surface area contributed by atoms with Crippen LogP contribution in [0.2, 0.25) is 10.0 Å². The minimum Gasteiger partial charge on any atom is -0.0840 e. The minimum atomic E-state index is 0.812. The Morgan fingerprint density at radius 1 is 0.786 bits per heavy atom. The molecule has 0 amide bonds. The van der Waals surface area contributed by atoms with Crippen LogP contribution in [0.15, 0.2) is 6.07 Å². The van der Waals surface area contributed by atoms with E-state index in [-0.39, 0.29) is 0 Å². The summed E-state index contributed by atoms with van der Waals surface area (Å²) in [6.07, 6.45) is 2.96. The van der Waals surface area contributed by atoms with Gasteiger partial charge in [0.15, 0.2) is 0 Å². The van der Waals surface area contributed by atoms with Crippen LogP contribution in [0.25, 0.3) is 0 Å². The molecule has 0 saturated carbocycles. The van der Waals surface area contributed by atoms with E-state index < -0.39 is 0 Å². The van der Waals surface area contributed by atoms with Gasteiger partial charge in [-0.25, -0.2) is 0 Å². The molecule has 2 heteroatoms. The smallest absolute Gasteiger partial charge is 0.0455 e. The normalized spacial score (nSPS) is 10.6. The van der Waals surface area contributed by atoms with Crippen LogP contribution in [0.5, 0.6) is 0 Å². The fraction of sp³-hybridized carbons (Fsp3) is 0.500. The van der Waals surface area contributed by atoms with Gasteiger partial charge in [0.2, 0.25) is 0 Å². The second-order valence-electron chi connectivity index (χ2n) is 3.34. The largest absolute Gasteiger partial charge is 0.0840 e. The van der Waals surface area contributed by atoms with Crippen LogP contribution in [0.4, 0.5) is 0 Å². The van der Waals surface area contributed by atoms with Gasteiger partial charge in [0.1, 0.15) is 0 Å². The minimum absolute atomic E-state index is 0.812. The quantitative estimate of drug-likeness (QED) is 0.708. The predicted molar refractivity (Wildman–Crippen MR) is 64.6 cm³/mol. The molecule has 0 aliphatic heterocycles. The summed E-state index contributed by atoms with van der Waals surface area (Å²) < 4.78 is 0. The molecule has 1 aromatic rings. The Hall–Kier alpha value is -0.200. The van der Waals surface area contributed by atoms with E-state index in [4.69, 9.17) is 23.2 Å². The van der Waals surface area contributed by atoms with Gasteiger partial charge < -0.3 is 0 Å². The number of hydrogen-bond donors (Lipinski definition) is 0. The number of hydrogen-bond acceptors (Lipinski definition) is 0. The second kappa shape index (κ2) is 5.04. The second-order valence-corrected chi connectivity index (χ2v) is 4.15. The fourth-order valence-corrected chi connectivity index (χ4v) is 2.72. The molecule has 0 aliphatic carbocycles. The Morgan fingerprint density at radius 3 is 1.43 bits per heavy atom. The van der Waals surface area contributed by atoms with E-state index in [1.807, 2.05) is 6.07 Å². The van der Waals surface area contributed by atoms with Crippen LogP contribution in [0.3, 0.4) is 0 Å². The molecule has 0 fully saturated rings. The SMILES string of the molecule is CCc1c(Cl)cc(Cl)c(CC)c1CC. The molecule has 0 aromatic heterocycles. The molecule has 1 rings (SSSR count). The number of halogens is 2. The van der Waals surface area contributed by atoms with Crippen LogP contribution in [0, 0.1) is 0 Å². The summed E-state index contributed by atoms with van der Waals surface area (Å²) in [4.78, 5) is 0. The first-order valence-electron chi connectivity index (χ1n) is 5.14. The molecule has 0 heterocycles. The van der Waals surface area contributed by atoms with E-state index in [0.717, 1.165) is 29.3 Å². The van der Waals surface area contributed by atoms with Gasteiger partial charge in [0.05, 0.1) is 0 Å². The van der Waals surface area contributed by atoms with Gasteiger partial charge in [-0.1, -0.05) is 44.0 Å². The first-order valence-corrected chi connectivity index (χ1v) is 5.89. The maximum absolute atomic E-state index is 6.16. The van der Waals surface area contributed by atoms with Gasteiger partial charge in [0, 0.05) is 10.0 Å². The van der Waals surface area contributed by atoms with Crippen LogP contribution < -0.4 is 0 Å². The first kappa shape index (κ1) is 11.9.